The lowest BCUT2D eigenvalue weighted by Crippen LogP contribution is -2.13. The zero-order valence-electron chi connectivity index (χ0n) is 11.6. The van der Waals surface area contributed by atoms with Crippen LogP contribution in [0.2, 0.25) is 0 Å². The normalized spacial score (nSPS) is 10.7. The quantitative estimate of drug-likeness (QED) is 0.913. The molecule has 2 aromatic rings. The predicted octanol–water partition coefficient (Wildman–Crippen LogP) is 3.28. The fraction of sp³-hybridized carbons (Fsp3) is 0.333. The van der Waals surface area contributed by atoms with Crippen LogP contribution in [-0.4, -0.2) is 15.7 Å². The summed E-state index contributed by atoms with van der Waals surface area (Å²) in [6, 6.07) is 7.88. The summed E-state index contributed by atoms with van der Waals surface area (Å²) in [6.45, 7) is 6.97. The van der Waals surface area contributed by atoms with E-state index in [1.807, 2.05) is 31.2 Å². The van der Waals surface area contributed by atoms with Crippen molar-refractivity contribution in [3.8, 4) is 0 Å². The molecule has 4 heteroatoms. The molecule has 0 aliphatic heterocycles. The highest BCUT2D eigenvalue weighted by Crippen LogP contribution is 2.24. The lowest BCUT2D eigenvalue weighted by atomic mass is 10.0. The maximum absolute atomic E-state index is 12.2. The molecule has 0 aliphatic rings. The van der Waals surface area contributed by atoms with Crippen molar-refractivity contribution in [3.05, 3.63) is 47.8 Å². The van der Waals surface area contributed by atoms with Crippen molar-refractivity contribution in [3.63, 3.8) is 0 Å². The maximum Gasteiger partial charge on any atom is 0.258 e. The van der Waals surface area contributed by atoms with Crippen LogP contribution in [0.5, 0.6) is 0 Å². The maximum atomic E-state index is 12.2. The van der Waals surface area contributed by atoms with Gasteiger partial charge >= 0.3 is 0 Å². The molecule has 0 saturated carbocycles. The van der Waals surface area contributed by atoms with Gasteiger partial charge in [-0.25, -0.2) is 0 Å². The Bertz CT molecular complexity index is 572. The van der Waals surface area contributed by atoms with Crippen molar-refractivity contribution >= 4 is 11.6 Å². The van der Waals surface area contributed by atoms with Crippen LogP contribution in [0.3, 0.4) is 0 Å². The second-order valence-electron chi connectivity index (χ2n) is 4.78. The largest absolute Gasteiger partial charge is 0.322 e. The number of para-hydroxylation sites is 1. The third-order valence-electron chi connectivity index (χ3n) is 3.05. The Morgan fingerprint density at radius 3 is 2.74 bits per heavy atom. The number of amides is 1. The van der Waals surface area contributed by atoms with E-state index in [9.17, 15) is 4.79 Å². The van der Waals surface area contributed by atoms with Crippen molar-refractivity contribution in [2.45, 2.75) is 33.2 Å². The molecule has 0 radical (unpaired) electrons. The van der Waals surface area contributed by atoms with Crippen molar-refractivity contribution < 1.29 is 4.79 Å². The summed E-state index contributed by atoms with van der Waals surface area (Å²) < 4.78 is 1.74. The zero-order chi connectivity index (χ0) is 13.8. The van der Waals surface area contributed by atoms with Gasteiger partial charge in [0.25, 0.3) is 5.91 Å². The molecule has 4 nitrogen and oxygen atoms in total. The van der Waals surface area contributed by atoms with Crippen molar-refractivity contribution in [1.29, 1.82) is 0 Å². The molecule has 1 aromatic carbocycles. The van der Waals surface area contributed by atoms with Gasteiger partial charge in [0.15, 0.2) is 0 Å². The summed E-state index contributed by atoms with van der Waals surface area (Å²) in [6.07, 6.45) is 3.35. The first-order valence-electron chi connectivity index (χ1n) is 6.54. The minimum Gasteiger partial charge on any atom is -0.322 e. The van der Waals surface area contributed by atoms with Crippen molar-refractivity contribution in [1.82, 2.24) is 9.78 Å². The highest BCUT2D eigenvalue weighted by atomic mass is 16.1. The number of rotatable bonds is 4. The van der Waals surface area contributed by atoms with Crippen LogP contribution < -0.4 is 5.32 Å². The Morgan fingerprint density at radius 1 is 1.37 bits per heavy atom. The van der Waals surface area contributed by atoms with Gasteiger partial charge in [-0.15, -0.1) is 0 Å². The van der Waals surface area contributed by atoms with E-state index in [1.54, 1.807) is 17.1 Å². The van der Waals surface area contributed by atoms with E-state index < -0.39 is 0 Å². The van der Waals surface area contributed by atoms with Crippen LogP contribution >= 0.6 is 0 Å². The van der Waals surface area contributed by atoms with Gasteiger partial charge in [0.1, 0.15) is 0 Å². The summed E-state index contributed by atoms with van der Waals surface area (Å²) in [5.41, 5.74) is 2.59. The Morgan fingerprint density at radius 2 is 2.11 bits per heavy atom. The average molecular weight is 257 g/mol. The first-order valence-corrected chi connectivity index (χ1v) is 6.54. The van der Waals surface area contributed by atoms with Gasteiger partial charge in [-0.2, -0.15) is 5.10 Å². The number of hydrogen-bond donors (Lipinski definition) is 1. The number of carbonyl (C=O) groups is 1. The average Bonchev–Trinajstić information content (AvgIpc) is 2.88. The number of nitrogens with one attached hydrogen (secondary N) is 1. The van der Waals surface area contributed by atoms with Crippen LogP contribution in [0.4, 0.5) is 5.69 Å². The highest BCUT2D eigenvalue weighted by Gasteiger charge is 2.12. The lowest BCUT2D eigenvalue weighted by Gasteiger charge is -2.12. The number of aryl methyl sites for hydroxylation is 1. The number of hydrogen-bond acceptors (Lipinski definition) is 2. The van der Waals surface area contributed by atoms with Crippen LogP contribution in [0, 0.1) is 0 Å². The van der Waals surface area contributed by atoms with E-state index in [0.29, 0.717) is 11.5 Å². The van der Waals surface area contributed by atoms with E-state index in [2.05, 4.69) is 24.3 Å². The molecule has 1 N–H and O–H groups in total. The molecule has 1 aromatic heterocycles. The Balaban J connectivity index is 2.19. The SMILES string of the molecule is CCn1cc(C(=O)Nc2ccccc2C(C)C)cn1. The number of anilines is 1. The van der Waals surface area contributed by atoms with Crippen molar-refractivity contribution in [2.75, 3.05) is 5.32 Å². The first-order chi connectivity index (χ1) is 9.11. The van der Waals surface area contributed by atoms with Gasteiger partial charge in [0.2, 0.25) is 0 Å². The standard InChI is InChI=1S/C15H19N3O/c1-4-18-10-12(9-16-18)15(19)17-14-8-6-5-7-13(14)11(2)3/h5-11H,4H2,1-3H3,(H,17,19). The smallest absolute Gasteiger partial charge is 0.258 e. The Hall–Kier alpha value is -2.10. The van der Waals surface area contributed by atoms with Crippen LogP contribution in [-0.2, 0) is 6.54 Å². The second-order valence-corrected chi connectivity index (χ2v) is 4.78. The minimum atomic E-state index is -0.118. The Labute approximate surface area is 113 Å². The summed E-state index contributed by atoms with van der Waals surface area (Å²) in [5, 5.41) is 7.06. The second kappa shape index (κ2) is 5.69. The summed E-state index contributed by atoms with van der Waals surface area (Å²) in [7, 11) is 0. The molecule has 0 atom stereocenters. The number of benzene rings is 1. The third kappa shape index (κ3) is 3.02. The lowest BCUT2D eigenvalue weighted by molar-refractivity contribution is 0.102. The van der Waals surface area contributed by atoms with Gasteiger partial charge in [0.05, 0.1) is 11.8 Å². The molecule has 0 fully saturated rings. The molecule has 0 saturated heterocycles. The molecule has 0 unspecified atom stereocenters. The minimum absolute atomic E-state index is 0.118. The van der Waals surface area contributed by atoms with E-state index in [1.165, 1.54) is 0 Å². The van der Waals surface area contributed by atoms with Crippen LogP contribution in [0.25, 0.3) is 0 Å². The molecule has 0 bridgehead atoms. The van der Waals surface area contributed by atoms with Gasteiger partial charge in [0, 0.05) is 18.4 Å². The van der Waals surface area contributed by atoms with E-state index in [0.717, 1.165) is 17.8 Å². The molecule has 19 heavy (non-hydrogen) atoms. The molecular weight excluding hydrogens is 238 g/mol. The van der Waals surface area contributed by atoms with E-state index in [4.69, 9.17) is 0 Å². The molecule has 0 spiro atoms. The van der Waals surface area contributed by atoms with Crippen molar-refractivity contribution in [2.24, 2.45) is 0 Å². The summed E-state index contributed by atoms with van der Waals surface area (Å²) >= 11 is 0. The highest BCUT2D eigenvalue weighted by molar-refractivity contribution is 6.04. The summed E-state index contributed by atoms with van der Waals surface area (Å²) in [4.78, 5) is 12.2. The van der Waals surface area contributed by atoms with Gasteiger partial charge in [-0.3, -0.25) is 9.48 Å². The molecular formula is C15H19N3O. The van der Waals surface area contributed by atoms with E-state index in [-0.39, 0.29) is 5.91 Å². The summed E-state index contributed by atoms with van der Waals surface area (Å²) in [5.74, 6) is 0.252. The van der Waals surface area contributed by atoms with Gasteiger partial charge < -0.3 is 5.32 Å². The van der Waals surface area contributed by atoms with Crippen LogP contribution in [0.1, 0.15) is 42.6 Å². The van der Waals surface area contributed by atoms with E-state index >= 15 is 0 Å². The zero-order valence-corrected chi connectivity index (χ0v) is 11.6. The Kier molecular flexibility index (Phi) is 4.00. The number of aromatic nitrogens is 2. The number of carbonyl (C=O) groups excluding carboxylic acids is 1. The monoisotopic (exact) mass is 257 g/mol. The predicted molar refractivity (Wildman–Crippen MR) is 76.4 cm³/mol. The van der Waals surface area contributed by atoms with Crippen LogP contribution in [0.15, 0.2) is 36.7 Å². The topological polar surface area (TPSA) is 46.9 Å². The molecule has 100 valence electrons. The molecule has 1 heterocycles. The first kappa shape index (κ1) is 13.3. The van der Waals surface area contributed by atoms with Gasteiger partial charge in [-0.05, 0) is 24.5 Å². The van der Waals surface area contributed by atoms with Gasteiger partial charge in [-0.1, -0.05) is 32.0 Å². The molecule has 0 aliphatic carbocycles. The molecule has 1 amide bonds. The number of nitrogens with zero attached hydrogens (tertiary/aromatic N) is 2. The molecule has 2 rings (SSSR count). The fourth-order valence-electron chi connectivity index (χ4n) is 1.96. The fourth-order valence-corrected chi connectivity index (χ4v) is 1.96. The third-order valence-corrected chi connectivity index (χ3v) is 3.05.